The van der Waals surface area contributed by atoms with Gasteiger partial charge in [-0.3, -0.25) is 0 Å². The van der Waals surface area contributed by atoms with E-state index in [0.29, 0.717) is 5.92 Å². The highest BCUT2D eigenvalue weighted by molar-refractivity contribution is 7.09. The molecule has 1 saturated carbocycles. The van der Waals surface area contributed by atoms with Gasteiger partial charge in [0.25, 0.3) is 0 Å². The molecule has 1 fully saturated rings. The molecule has 126 valence electrons. The molecule has 3 heterocycles. The first-order valence-electron chi connectivity index (χ1n) is 8.42. The lowest BCUT2D eigenvalue weighted by molar-refractivity contribution is 0.571. The van der Waals surface area contributed by atoms with Gasteiger partial charge in [0.05, 0.1) is 10.7 Å². The van der Waals surface area contributed by atoms with Gasteiger partial charge in [0.1, 0.15) is 5.82 Å². The van der Waals surface area contributed by atoms with Gasteiger partial charge < -0.3 is 5.32 Å². The summed E-state index contributed by atoms with van der Waals surface area (Å²) in [4.78, 5) is 4.73. The SMILES string of the molecule is CC(C)(C)c1csc(CCNc2ccc3nnc(C4CC4)n3n2)n1. The third-order valence-corrected chi connectivity index (χ3v) is 5.10. The van der Waals surface area contributed by atoms with Crippen molar-refractivity contribution in [3.63, 3.8) is 0 Å². The van der Waals surface area contributed by atoms with Crippen molar-refractivity contribution in [1.29, 1.82) is 0 Å². The van der Waals surface area contributed by atoms with E-state index in [4.69, 9.17) is 4.98 Å². The summed E-state index contributed by atoms with van der Waals surface area (Å²) >= 11 is 1.73. The summed E-state index contributed by atoms with van der Waals surface area (Å²) < 4.78 is 1.88. The van der Waals surface area contributed by atoms with Crippen LogP contribution < -0.4 is 5.32 Å². The van der Waals surface area contributed by atoms with Crippen LogP contribution in [-0.2, 0) is 11.8 Å². The van der Waals surface area contributed by atoms with Gasteiger partial charge in [0.2, 0.25) is 0 Å². The van der Waals surface area contributed by atoms with Crippen molar-refractivity contribution in [2.24, 2.45) is 0 Å². The van der Waals surface area contributed by atoms with Crippen molar-refractivity contribution in [3.8, 4) is 0 Å². The smallest absolute Gasteiger partial charge is 0.178 e. The van der Waals surface area contributed by atoms with E-state index in [1.807, 2.05) is 16.6 Å². The Bertz CT molecular complexity index is 855. The van der Waals surface area contributed by atoms with E-state index in [0.717, 1.165) is 35.3 Å². The molecule has 0 aliphatic heterocycles. The molecular weight excluding hydrogens is 320 g/mol. The van der Waals surface area contributed by atoms with Crippen molar-refractivity contribution < 1.29 is 0 Å². The Kier molecular flexibility index (Phi) is 3.75. The molecule has 3 aromatic heterocycles. The van der Waals surface area contributed by atoms with Crippen LogP contribution in [0, 0.1) is 0 Å². The number of thiazole rings is 1. The van der Waals surface area contributed by atoms with Gasteiger partial charge in [0.15, 0.2) is 11.5 Å². The number of anilines is 1. The fourth-order valence-electron chi connectivity index (χ4n) is 2.56. The van der Waals surface area contributed by atoms with Crippen LogP contribution in [0.3, 0.4) is 0 Å². The molecule has 6 nitrogen and oxygen atoms in total. The van der Waals surface area contributed by atoms with E-state index in [1.165, 1.54) is 18.5 Å². The van der Waals surface area contributed by atoms with Gasteiger partial charge in [-0.15, -0.1) is 26.6 Å². The van der Waals surface area contributed by atoms with Crippen molar-refractivity contribution >= 4 is 22.8 Å². The maximum Gasteiger partial charge on any atom is 0.178 e. The summed E-state index contributed by atoms with van der Waals surface area (Å²) in [5, 5.41) is 19.8. The maximum atomic E-state index is 4.73. The first-order chi connectivity index (χ1) is 11.5. The van der Waals surface area contributed by atoms with Crippen LogP contribution in [0.5, 0.6) is 0 Å². The summed E-state index contributed by atoms with van der Waals surface area (Å²) in [7, 11) is 0. The number of rotatable bonds is 5. The molecule has 0 radical (unpaired) electrons. The molecular formula is C17H22N6S. The highest BCUT2D eigenvalue weighted by Crippen LogP contribution is 2.38. The van der Waals surface area contributed by atoms with E-state index in [1.54, 1.807) is 11.3 Å². The molecule has 0 spiro atoms. The first kappa shape index (κ1) is 15.5. The second-order valence-electron chi connectivity index (χ2n) is 7.37. The lowest BCUT2D eigenvalue weighted by Crippen LogP contribution is -2.12. The molecule has 4 rings (SSSR count). The van der Waals surface area contributed by atoms with Crippen LogP contribution in [0.15, 0.2) is 17.5 Å². The zero-order valence-corrected chi connectivity index (χ0v) is 15.1. The average molecular weight is 342 g/mol. The number of nitrogens with one attached hydrogen (secondary N) is 1. The number of nitrogens with zero attached hydrogens (tertiary/aromatic N) is 5. The molecule has 0 aromatic carbocycles. The highest BCUT2D eigenvalue weighted by atomic mass is 32.1. The van der Waals surface area contributed by atoms with E-state index in [2.05, 4.69) is 46.8 Å². The van der Waals surface area contributed by atoms with Crippen LogP contribution in [0.2, 0.25) is 0 Å². The Morgan fingerprint density at radius 3 is 2.79 bits per heavy atom. The second-order valence-corrected chi connectivity index (χ2v) is 8.32. The highest BCUT2D eigenvalue weighted by Gasteiger charge is 2.29. The number of aromatic nitrogens is 5. The summed E-state index contributed by atoms with van der Waals surface area (Å²) in [6.07, 6.45) is 3.29. The summed E-state index contributed by atoms with van der Waals surface area (Å²) in [5.41, 5.74) is 2.10. The molecule has 0 bridgehead atoms. The Morgan fingerprint density at radius 2 is 2.08 bits per heavy atom. The zero-order valence-electron chi connectivity index (χ0n) is 14.3. The normalized spacial score (nSPS) is 15.1. The summed E-state index contributed by atoms with van der Waals surface area (Å²) in [6, 6.07) is 3.93. The Morgan fingerprint density at radius 1 is 1.25 bits per heavy atom. The minimum absolute atomic E-state index is 0.113. The molecule has 24 heavy (non-hydrogen) atoms. The largest absolute Gasteiger partial charge is 0.368 e. The van der Waals surface area contributed by atoms with E-state index in [-0.39, 0.29) is 5.41 Å². The van der Waals surface area contributed by atoms with E-state index in [9.17, 15) is 0 Å². The van der Waals surface area contributed by atoms with Gasteiger partial charge in [-0.05, 0) is 25.0 Å². The Hall–Kier alpha value is -2.02. The molecule has 7 heteroatoms. The predicted molar refractivity (Wildman–Crippen MR) is 95.8 cm³/mol. The lowest BCUT2D eigenvalue weighted by Gasteiger charge is -2.14. The number of fused-ring (bicyclic) bond motifs is 1. The van der Waals surface area contributed by atoms with Gasteiger partial charge in [-0.1, -0.05) is 20.8 Å². The fraction of sp³-hybridized carbons (Fsp3) is 0.529. The third-order valence-electron chi connectivity index (χ3n) is 4.19. The topological polar surface area (TPSA) is 68.0 Å². The molecule has 0 atom stereocenters. The maximum absolute atomic E-state index is 4.73. The molecule has 0 unspecified atom stereocenters. The van der Waals surface area contributed by atoms with Crippen LogP contribution in [0.4, 0.5) is 5.82 Å². The molecule has 3 aromatic rings. The lowest BCUT2D eigenvalue weighted by atomic mass is 9.93. The van der Waals surface area contributed by atoms with Gasteiger partial charge >= 0.3 is 0 Å². The number of hydrogen-bond acceptors (Lipinski definition) is 6. The minimum atomic E-state index is 0.113. The monoisotopic (exact) mass is 342 g/mol. The minimum Gasteiger partial charge on any atom is -0.368 e. The third kappa shape index (κ3) is 3.13. The number of hydrogen-bond donors (Lipinski definition) is 1. The second kappa shape index (κ2) is 5.81. The Balaban J connectivity index is 1.41. The fourth-order valence-corrected chi connectivity index (χ4v) is 3.59. The van der Waals surface area contributed by atoms with Gasteiger partial charge in [-0.2, -0.15) is 4.52 Å². The van der Waals surface area contributed by atoms with Gasteiger partial charge in [0, 0.05) is 29.7 Å². The van der Waals surface area contributed by atoms with Crippen molar-refractivity contribution in [1.82, 2.24) is 24.8 Å². The molecule has 0 saturated heterocycles. The van der Waals surface area contributed by atoms with Crippen LogP contribution in [0.25, 0.3) is 5.65 Å². The van der Waals surface area contributed by atoms with Crippen LogP contribution >= 0.6 is 11.3 Å². The molecule has 1 aliphatic carbocycles. The summed E-state index contributed by atoms with van der Waals surface area (Å²) in [6.45, 7) is 7.40. The van der Waals surface area contributed by atoms with Crippen molar-refractivity contribution in [2.75, 3.05) is 11.9 Å². The van der Waals surface area contributed by atoms with E-state index >= 15 is 0 Å². The van der Waals surface area contributed by atoms with Crippen LogP contribution in [-0.4, -0.2) is 31.3 Å². The predicted octanol–water partition coefficient (Wildman–Crippen LogP) is 3.41. The first-order valence-corrected chi connectivity index (χ1v) is 9.30. The molecule has 0 amide bonds. The van der Waals surface area contributed by atoms with Gasteiger partial charge in [-0.25, -0.2) is 4.98 Å². The quantitative estimate of drug-likeness (QED) is 0.769. The van der Waals surface area contributed by atoms with Crippen molar-refractivity contribution in [2.45, 2.75) is 51.4 Å². The zero-order chi connectivity index (χ0) is 16.7. The summed E-state index contributed by atoms with van der Waals surface area (Å²) in [5.74, 6) is 2.38. The molecule has 1 N–H and O–H groups in total. The molecule has 1 aliphatic rings. The van der Waals surface area contributed by atoms with E-state index < -0.39 is 0 Å². The Labute approximate surface area is 145 Å². The van der Waals surface area contributed by atoms with Crippen LogP contribution in [0.1, 0.15) is 56.1 Å². The van der Waals surface area contributed by atoms with Crippen molar-refractivity contribution in [3.05, 3.63) is 34.0 Å². The standard InChI is InChI=1S/C17H22N6S/c1-17(2,3)12-10-24-15(19-12)8-9-18-13-6-7-14-20-21-16(11-4-5-11)23(14)22-13/h6-7,10-11H,4-5,8-9H2,1-3H3,(H,18,22). The average Bonchev–Trinajstić information content (AvgIpc) is 3.10.